The van der Waals surface area contributed by atoms with Crippen molar-refractivity contribution < 1.29 is 13.2 Å². The quantitative estimate of drug-likeness (QED) is 0.690. The topological polar surface area (TPSA) is 100 Å². The van der Waals surface area contributed by atoms with Gasteiger partial charge in [0, 0.05) is 19.8 Å². The molecule has 7 nitrogen and oxygen atoms in total. The van der Waals surface area contributed by atoms with Crippen LogP contribution in [0, 0.1) is 0 Å². The van der Waals surface area contributed by atoms with Crippen LogP contribution in [0.3, 0.4) is 0 Å². The van der Waals surface area contributed by atoms with Crippen LogP contribution in [0.15, 0.2) is 12.3 Å². The number of sulfonamides is 1. The van der Waals surface area contributed by atoms with Crippen LogP contribution < -0.4 is 15.4 Å². The summed E-state index contributed by atoms with van der Waals surface area (Å²) in [4.78, 5) is 15.8. The van der Waals surface area contributed by atoms with Crippen LogP contribution in [0.25, 0.3) is 0 Å². The highest BCUT2D eigenvalue weighted by atomic mass is 35.5. The Balaban J connectivity index is 2.68. The van der Waals surface area contributed by atoms with E-state index in [0.717, 1.165) is 0 Å². The molecule has 0 bridgehead atoms. The van der Waals surface area contributed by atoms with Crippen LogP contribution in [0.2, 0.25) is 5.02 Å². The molecule has 0 saturated carbocycles. The van der Waals surface area contributed by atoms with Gasteiger partial charge in [-0.2, -0.15) is 0 Å². The van der Waals surface area contributed by atoms with Crippen LogP contribution in [-0.2, 0) is 10.0 Å². The van der Waals surface area contributed by atoms with E-state index in [2.05, 4.69) is 20.3 Å². The molecule has 0 aliphatic rings. The number of carbonyl (C=O) groups excluding carboxylic acids is 1. The van der Waals surface area contributed by atoms with Crippen LogP contribution in [0.4, 0.5) is 5.82 Å². The maximum absolute atomic E-state index is 11.8. The summed E-state index contributed by atoms with van der Waals surface area (Å²) in [5.74, 6) is -0.149. The van der Waals surface area contributed by atoms with E-state index in [-0.39, 0.29) is 22.9 Å². The Morgan fingerprint density at radius 1 is 1.42 bits per heavy atom. The predicted octanol–water partition coefficient (Wildman–Crippen LogP) is 0.0557. The Bertz CT molecular complexity index is 562. The van der Waals surface area contributed by atoms with E-state index in [1.54, 1.807) is 7.05 Å². The van der Waals surface area contributed by atoms with Gasteiger partial charge in [0.1, 0.15) is 5.82 Å². The minimum absolute atomic E-state index is 0.00442. The van der Waals surface area contributed by atoms with Gasteiger partial charge in [-0.15, -0.1) is 0 Å². The van der Waals surface area contributed by atoms with E-state index < -0.39 is 15.9 Å². The number of anilines is 1. The average Bonchev–Trinajstić information content (AvgIpc) is 2.39. The first kappa shape index (κ1) is 15.7. The van der Waals surface area contributed by atoms with Gasteiger partial charge in [0.15, 0.2) is 0 Å². The maximum Gasteiger partial charge on any atom is 0.253 e. The lowest BCUT2D eigenvalue weighted by Gasteiger charge is -2.08. The van der Waals surface area contributed by atoms with Crippen molar-refractivity contribution >= 4 is 33.3 Å². The molecule has 1 amide bonds. The number of nitrogens with one attached hydrogen (secondary N) is 3. The van der Waals surface area contributed by atoms with Gasteiger partial charge in [0.05, 0.1) is 16.3 Å². The fourth-order valence-corrected chi connectivity index (χ4v) is 2.01. The second-order valence-electron chi connectivity index (χ2n) is 3.58. The minimum Gasteiger partial charge on any atom is -0.373 e. The first-order valence-electron chi connectivity index (χ1n) is 5.42. The molecule has 0 radical (unpaired) electrons. The number of hydrogen-bond donors (Lipinski definition) is 3. The lowest BCUT2D eigenvalue weighted by molar-refractivity contribution is 0.0956. The normalized spacial score (nSPS) is 11.1. The Morgan fingerprint density at radius 3 is 2.68 bits per heavy atom. The monoisotopic (exact) mass is 306 g/mol. The van der Waals surface area contributed by atoms with Gasteiger partial charge in [0.25, 0.3) is 5.91 Å². The third-order valence-corrected chi connectivity index (χ3v) is 3.99. The lowest BCUT2D eigenvalue weighted by Crippen LogP contribution is -2.33. The van der Waals surface area contributed by atoms with Crippen molar-refractivity contribution in [3.8, 4) is 0 Å². The number of hydrogen-bond acceptors (Lipinski definition) is 5. The van der Waals surface area contributed by atoms with Crippen molar-refractivity contribution in [2.24, 2.45) is 0 Å². The first-order valence-corrected chi connectivity index (χ1v) is 7.45. The number of pyridine rings is 1. The summed E-state index contributed by atoms with van der Waals surface area (Å²) in [6.07, 6.45) is 1.35. The molecule has 0 aromatic carbocycles. The zero-order chi connectivity index (χ0) is 14.5. The van der Waals surface area contributed by atoms with E-state index in [0.29, 0.717) is 5.82 Å². The van der Waals surface area contributed by atoms with E-state index >= 15 is 0 Å². The Morgan fingerprint density at radius 2 is 2.11 bits per heavy atom. The molecule has 0 spiro atoms. The second-order valence-corrected chi connectivity index (χ2v) is 6.03. The van der Waals surface area contributed by atoms with Gasteiger partial charge in [-0.25, -0.2) is 18.1 Å². The fraction of sp³-hybridized carbons (Fsp3) is 0.400. The molecule has 106 valence electrons. The van der Waals surface area contributed by atoms with E-state index in [1.807, 2.05) is 0 Å². The zero-order valence-corrected chi connectivity index (χ0v) is 12.1. The van der Waals surface area contributed by atoms with Gasteiger partial charge >= 0.3 is 0 Å². The zero-order valence-electron chi connectivity index (χ0n) is 10.5. The summed E-state index contributed by atoms with van der Waals surface area (Å²) < 4.78 is 24.5. The predicted molar refractivity (Wildman–Crippen MR) is 74.0 cm³/mol. The molecule has 0 aliphatic heterocycles. The lowest BCUT2D eigenvalue weighted by atomic mass is 10.2. The van der Waals surface area contributed by atoms with Crippen LogP contribution in [0.1, 0.15) is 10.4 Å². The Hall–Kier alpha value is -1.38. The third-order valence-electron chi connectivity index (χ3n) is 2.32. The molecule has 1 heterocycles. The molecule has 0 atom stereocenters. The summed E-state index contributed by atoms with van der Waals surface area (Å²) in [5.41, 5.74) is 0.239. The maximum atomic E-state index is 11.8. The number of aromatic nitrogens is 1. The summed E-state index contributed by atoms with van der Waals surface area (Å²) in [7, 11) is -0.363. The molecule has 19 heavy (non-hydrogen) atoms. The summed E-state index contributed by atoms with van der Waals surface area (Å²) >= 11 is 5.86. The van der Waals surface area contributed by atoms with Crippen LogP contribution in [0.5, 0.6) is 0 Å². The minimum atomic E-state index is -3.34. The van der Waals surface area contributed by atoms with Gasteiger partial charge in [0.2, 0.25) is 10.0 Å². The largest absolute Gasteiger partial charge is 0.373 e. The Kier molecular flexibility index (Phi) is 5.52. The molecule has 3 N–H and O–H groups in total. The first-order chi connectivity index (χ1) is 8.89. The average molecular weight is 307 g/mol. The number of nitrogens with zero attached hydrogens (tertiary/aromatic N) is 1. The fourth-order valence-electron chi connectivity index (χ4n) is 1.25. The van der Waals surface area contributed by atoms with Crippen molar-refractivity contribution in [2.75, 3.05) is 31.7 Å². The Labute approximate surface area is 116 Å². The summed E-state index contributed by atoms with van der Waals surface area (Å²) in [6, 6.07) is 1.49. The highest BCUT2D eigenvalue weighted by molar-refractivity contribution is 7.89. The highest BCUT2D eigenvalue weighted by Crippen LogP contribution is 2.17. The molecule has 0 aliphatic carbocycles. The van der Waals surface area contributed by atoms with Gasteiger partial charge in [-0.1, -0.05) is 11.6 Å². The number of rotatable bonds is 6. The van der Waals surface area contributed by atoms with Crippen molar-refractivity contribution in [1.82, 2.24) is 15.0 Å². The van der Waals surface area contributed by atoms with E-state index in [9.17, 15) is 13.2 Å². The SMILES string of the molecule is CNc1cc(C(=O)NCCS(=O)(=O)NC)c(Cl)cn1. The van der Waals surface area contributed by atoms with Crippen molar-refractivity contribution in [3.05, 3.63) is 22.8 Å². The summed E-state index contributed by atoms with van der Waals surface area (Å²) in [5, 5.41) is 5.47. The van der Waals surface area contributed by atoms with E-state index in [4.69, 9.17) is 11.6 Å². The van der Waals surface area contributed by atoms with Crippen molar-refractivity contribution in [2.45, 2.75) is 0 Å². The molecule has 1 aromatic rings. The molecule has 1 aromatic heterocycles. The summed E-state index contributed by atoms with van der Waals surface area (Å²) in [6.45, 7) is -0.00442. The van der Waals surface area contributed by atoms with Crippen LogP contribution in [-0.4, -0.2) is 45.7 Å². The van der Waals surface area contributed by atoms with Gasteiger partial charge in [-0.3, -0.25) is 4.79 Å². The number of amides is 1. The molecular weight excluding hydrogens is 292 g/mol. The van der Waals surface area contributed by atoms with Crippen molar-refractivity contribution in [3.63, 3.8) is 0 Å². The standard InChI is InChI=1S/C10H15ClN4O3S/c1-12-9-5-7(8(11)6-15-9)10(16)14-3-4-19(17,18)13-2/h5-6,13H,3-4H2,1-2H3,(H,12,15)(H,14,16). The smallest absolute Gasteiger partial charge is 0.253 e. The molecule has 1 rings (SSSR count). The molecule has 0 fully saturated rings. The molecule has 0 unspecified atom stereocenters. The third kappa shape index (κ3) is 4.66. The number of halogens is 1. The number of carbonyl (C=O) groups is 1. The van der Waals surface area contributed by atoms with Crippen LogP contribution >= 0.6 is 11.6 Å². The van der Waals surface area contributed by atoms with Gasteiger partial charge in [-0.05, 0) is 13.1 Å². The second kappa shape index (κ2) is 6.69. The highest BCUT2D eigenvalue weighted by Gasteiger charge is 2.13. The molecular formula is C10H15ClN4O3S. The molecule has 0 saturated heterocycles. The van der Waals surface area contributed by atoms with Gasteiger partial charge < -0.3 is 10.6 Å². The van der Waals surface area contributed by atoms with Crippen molar-refractivity contribution in [1.29, 1.82) is 0 Å². The molecule has 9 heteroatoms. The van der Waals surface area contributed by atoms with E-state index in [1.165, 1.54) is 19.3 Å².